The number of amides is 1. The van der Waals surface area contributed by atoms with Crippen molar-refractivity contribution >= 4 is 22.5 Å². The quantitative estimate of drug-likeness (QED) is 0.904. The molecule has 1 saturated heterocycles. The number of ether oxygens (including phenoxy) is 1. The Morgan fingerprint density at radius 2 is 2.00 bits per heavy atom. The molecule has 0 spiro atoms. The van der Waals surface area contributed by atoms with Gasteiger partial charge in [-0.15, -0.1) is 0 Å². The Balaban J connectivity index is 1.77. The molecule has 0 atom stereocenters. The van der Waals surface area contributed by atoms with Gasteiger partial charge >= 0.3 is 0 Å². The molecule has 1 aliphatic rings. The van der Waals surface area contributed by atoms with Gasteiger partial charge in [0.15, 0.2) is 0 Å². The van der Waals surface area contributed by atoms with Crippen LogP contribution in [-0.4, -0.2) is 30.6 Å². The first-order valence-corrected chi connectivity index (χ1v) is 7.25. The molecule has 1 aromatic heterocycles. The lowest BCUT2D eigenvalue weighted by atomic mass is 10.00. The van der Waals surface area contributed by atoms with E-state index in [1.807, 2.05) is 24.3 Å². The van der Waals surface area contributed by atoms with Gasteiger partial charge in [-0.1, -0.05) is 24.3 Å². The third-order valence-electron chi connectivity index (χ3n) is 3.96. The van der Waals surface area contributed by atoms with Gasteiger partial charge in [-0.2, -0.15) is 0 Å². The lowest BCUT2D eigenvalue weighted by molar-refractivity contribution is 0.0643. The number of carbonyl (C=O) groups is 1. The van der Waals surface area contributed by atoms with Crippen molar-refractivity contribution in [2.24, 2.45) is 5.92 Å². The summed E-state index contributed by atoms with van der Waals surface area (Å²) < 4.78 is 5.33. The van der Waals surface area contributed by atoms with E-state index < -0.39 is 0 Å². The van der Waals surface area contributed by atoms with Crippen molar-refractivity contribution in [2.45, 2.75) is 12.8 Å². The van der Waals surface area contributed by atoms with Gasteiger partial charge in [-0.05, 0) is 24.1 Å². The normalized spacial score (nSPS) is 16.0. The van der Waals surface area contributed by atoms with E-state index in [9.17, 15) is 4.79 Å². The molecule has 2 aromatic rings. The summed E-state index contributed by atoms with van der Waals surface area (Å²) in [6.45, 7) is 2.25. The lowest BCUT2D eigenvalue weighted by Crippen LogP contribution is -2.32. The minimum Gasteiger partial charge on any atom is -0.383 e. The Morgan fingerprint density at radius 3 is 2.76 bits per heavy atom. The van der Waals surface area contributed by atoms with Gasteiger partial charge in [-0.25, -0.2) is 4.98 Å². The average molecular weight is 285 g/mol. The number of carbonyl (C=O) groups excluding carboxylic acids is 1. The number of nitrogens with one attached hydrogen (secondary N) is 1. The standard InChI is InChI=1S/C16H19N3O2/c17-15-13-4-2-1-3-12(13)14(10-18-15)16(20)19-9-11-5-7-21-8-6-11/h1-4,10-11H,5-9H2,(H2,17,18)(H,19,20). The molecule has 5 nitrogen and oxygen atoms in total. The molecule has 0 aliphatic carbocycles. The highest BCUT2D eigenvalue weighted by Gasteiger charge is 2.17. The van der Waals surface area contributed by atoms with Crippen LogP contribution in [-0.2, 0) is 4.74 Å². The molecule has 0 unspecified atom stereocenters. The van der Waals surface area contributed by atoms with Crippen LogP contribution in [0.15, 0.2) is 30.5 Å². The molecule has 0 saturated carbocycles. The minimum absolute atomic E-state index is 0.0924. The topological polar surface area (TPSA) is 77.2 Å². The van der Waals surface area contributed by atoms with Crippen molar-refractivity contribution in [1.82, 2.24) is 10.3 Å². The van der Waals surface area contributed by atoms with Gasteiger partial charge in [0.05, 0.1) is 5.56 Å². The zero-order chi connectivity index (χ0) is 14.7. The average Bonchev–Trinajstić information content (AvgIpc) is 2.54. The zero-order valence-corrected chi connectivity index (χ0v) is 11.8. The summed E-state index contributed by atoms with van der Waals surface area (Å²) in [7, 11) is 0. The number of rotatable bonds is 3. The number of benzene rings is 1. The summed E-state index contributed by atoms with van der Waals surface area (Å²) in [5.74, 6) is 0.854. The maximum atomic E-state index is 12.4. The number of aromatic nitrogens is 1. The molecule has 21 heavy (non-hydrogen) atoms. The van der Waals surface area contributed by atoms with Gasteiger partial charge < -0.3 is 15.8 Å². The monoisotopic (exact) mass is 285 g/mol. The molecule has 0 radical (unpaired) electrons. The van der Waals surface area contributed by atoms with E-state index in [2.05, 4.69) is 10.3 Å². The molecular weight excluding hydrogens is 266 g/mol. The Labute approximate surface area is 123 Å². The highest BCUT2D eigenvalue weighted by Crippen LogP contribution is 2.22. The smallest absolute Gasteiger partial charge is 0.253 e. The number of fused-ring (bicyclic) bond motifs is 1. The van der Waals surface area contributed by atoms with Crippen molar-refractivity contribution < 1.29 is 9.53 Å². The second-order valence-corrected chi connectivity index (χ2v) is 5.37. The summed E-state index contributed by atoms with van der Waals surface area (Å²) in [6.07, 6.45) is 3.55. The molecule has 1 fully saturated rings. The zero-order valence-electron chi connectivity index (χ0n) is 11.8. The number of anilines is 1. The third kappa shape index (κ3) is 2.97. The van der Waals surface area contributed by atoms with Crippen LogP contribution < -0.4 is 11.1 Å². The number of nitrogen functional groups attached to an aromatic ring is 1. The summed E-state index contributed by atoms with van der Waals surface area (Å²) in [5, 5.41) is 4.66. The number of hydrogen-bond acceptors (Lipinski definition) is 4. The van der Waals surface area contributed by atoms with Crippen molar-refractivity contribution in [3.8, 4) is 0 Å². The number of nitrogens with two attached hydrogens (primary N) is 1. The summed E-state index contributed by atoms with van der Waals surface area (Å²) in [6, 6.07) is 7.57. The van der Waals surface area contributed by atoms with Crippen LogP contribution in [0.5, 0.6) is 0 Å². The van der Waals surface area contributed by atoms with E-state index in [0.29, 0.717) is 23.8 Å². The number of hydrogen-bond donors (Lipinski definition) is 2. The highest BCUT2D eigenvalue weighted by molar-refractivity contribution is 6.08. The second kappa shape index (κ2) is 6.10. The fourth-order valence-electron chi connectivity index (χ4n) is 2.68. The first-order chi connectivity index (χ1) is 10.3. The highest BCUT2D eigenvalue weighted by atomic mass is 16.5. The van der Waals surface area contributed by atoms with Crippen molar-refractivity contribution in [3.05, 3.63) is 36.0 Å². The lowest BCUT2D eigenvalue weighted by Gasteiger charge is -2.22. The van der Waals surface area contributed by atoms with E-state index in [1.54, 1.807) is 6.20 Å². The summed E-state index contributed by atoms with van der Waals surface area (Å²) in [4.78, 5) is 16.5. The van der Waals surface area contributed by atoms with Crippen LogP contribution in [0.4, 0.5) is 5.82 Å². The van der Waals surface area contributed by atoms with Crippen molar-refractivity contribution in [1.29, 1.82) is 0 Å². The predicted molar refractivity (Wildman–Crippen MR) is 82.0 cm³/mol. The van der Waals surface area contributed by atoms with Gasteiger partial charge in [0, 0.05) is 31.3 Å². The van der Waals surface area contributed by atoms with Crippen LogP contribution in [0.3, 0.4) is 0 Å². The third-order valence-corrected chi connectivity index (χ3v) is 3.96. The van der Waals surface area contributed by atoms with Crippen molar-refractivity contribution in [3.63, 3.8) is 0 Å². The molecule has 110 valence electrons. The molecule has 1 aliphatic heterocycles. The maximum absolute atomic E-state index is 12.4. The molecule has 2 heterocycles. The first-order valence-electron chi connectivity index (χ1n) is 7.25. The Kier molecular flexibility index (Phi) is 4.01. The number of pyridine rings is 1. The summed E-state index contributed by atoms with van der Waals surface area (Å²) >= 11 is 0. The summed E-state index contributed by atoms with van der Waals surface area (Å²) in [5.41, 5.74) is 6.44. The number of nitrogens with zero attached hydrogens (tertiary/aromatic N) is 1. The van der Waals surface area contributed by atoms with Crippen LogP contribution >= 0.6 is 0 Å². The van der Waals surface area contributed by atoms with Crippen LogP contribution in [0.25, 0.3) is 10.8 Å². The first kappa shape index (κ1) is 13.8. The molecule has 3 rings (SSSR count). The maximum Gasteiger partial charge on any atom is 0.253 e. The molecule has 5 heteroatoms. The Bertz CT molecular complexity index is 651. The fraction of sp³-hybridized carbons (Fsp3) is 0.375. The van der Waals surface area contributed by atoms with Crippen LogP contribution in [0.2, 0.25) is 0 Å². The molecule has 0 bridgehead atoms. The van der Waals surface area contributed by atoms with Crippen molar-refractivity contribution in [2.75, 3.05) is 25.5 Å². The molecule has 1 aromatic carbocycles. The van der Waals surface area contributed by atoms with E-state index in [-0.39, 0.29) is 5.91 Å². The van der Waals surface area contributed by atoms with E-state index in [1.165, 1.54) is 0 Å². The predicted octanol–water partition coefficient (Wildman–Crippen LogP) is 1.97. The van der Waals surface area contributed by atoms with E-state index in [4.69, 9.17) is 10.5 Å². The molecule has 3 N–H and O–H groups in total. The SMILES string of the molecule is Nc1ncc(C(=O)NCC2CCOCC2)c2ccccc12. The van der Waals surface area contributed by atoms with Crippen LogP contribution in [0.1, 0.15) is 23.2 Å². The van der Waals surface area contributed by atoms with Gasteiger partial charge in [-0.3, -0.25) is 4.79 Å². The molecule has 1 amide bonds. The van der Waals surface area contributed by atoms with Crippen LogP contribution in [0, 0.1) is 5.92 Å². The fourth-order valence-corrected chi connectivity index (χ4v) is 2.68. The van der Waals surface area contributed by atoms with E-state index in [0.717, 1.165) is 36.8 Å². The molecular formula is C16H19N3O2. The minimum atomic E-state index is -0.0924. The Morgan fingerprint density at radius 1 is 1.29 bits per heavy atom. The second-order valence-electron chi connectivity index (χ2n) is 5.37. The van der Waals surface area contributed by atoms with Gasteiger partial charge in [0.1, 0.15) is 5.82 Å². The van der Waals surface area contributed by atoms with Gasteiger partial charge in [0.2, 0.25) is 0 Å². The van der Waals surface area contributed by atoms with Gasteiger partial charge in [0.25, 0.3) is 5.91 Å². The Hall–Kier alpha value is -2.14. The largest absolute Gasteiger partial charge is 0.383 e. The van der Waals surface area contributed by atoms with E-state index >= 15 is 0 Å².